The molecule has 3 N–H and O–H groups in total. The maximum atomic E-state index is 13.7. The summed E-state index contributed by atoms with van der Waals surface area (Å²) in [4.78, 5) is 25.0. The van der Waals surface area contributed by atoms with Gasteiger partial charge in [0, 0.05) is 32.4 Å². The monoisotopic (exact) mass is 684 g/mol. The van der Waals surface area contributed by atoms with Gasteiger partial charge in [-0.15, -0.1) is 4.52 Å². The predicted octanol–water partition coefficient (Wildman–Crippen LogP) is 4.34. The highest BCUT2D eigenvalue weighted by atomic mass is 31.1. The lowest BCUT2D eigenvalue weighted by molar-refractivity contribution is -0.223. The van der Waals surface area contributed by atoms with Crippen LogP contribution in [-0.2, 0) is 34.5 Å². The van der Waals surface area contributed by atoms with E-state index in [9.17, 15) is 24.7 Å². The minimum absolute atomic E-state index is 0.0529. The number of fused-ring (bicyclic) bond motifs is 1. The zero-order chi connectivity index (χ0) is 34.6. The first-order chi connectivity index (χ1) is 22.1. The van der Waals surface area contributed by atoms with Crippen LogP contribution in [0.25, 0.3) is 11.0 Å². The zero-order valence-corrected chi connectivity index (χ0v) is 29.4. The van der Waals surface area contributed by atoms with E-state index < -0.39 is 55.9 Å². The van der Waals surface area contributed by atoms with E-state index in [4.69, 9.17) is 33.4 Å². The number of carbonyl (C=O) groups excluding carboxylic acids is 1. The third-order valence-corrected chi connectivity index (χ3v) is 9.41. The normalized spacial score (nSPS) is 22.5. The molecule has 1 aliphatic heterocycles. The maximum Gasteiger partial charge on any atom is 0.546 e. The number of aliphatic hydroxyl groups excluding tert-OH is 2. The van der Waals surface area contributed by atoms with Crippen molar-refractivity contribution in [1.82, 2.24) is 19.7 Å². The number of carbonyl (C=O) groups is 1. The van der Waals surface area contributed by atoms with Gasteiger partial charge in [-0.2, -0.15) is 5.10 Å². The van der Waals surface area contributed by atoms with Crippen molar-refractivity contribution in [3.8, 4) is 0 Å². The second-order valence-electron chi connectivity index (χ2n) is 13.7. The molecule has 16 heteroatoms. The van der Waals surface area contributed by atoms with Crippen LogP contribution in [0.5, 0.6) is 0 Å². The lowest BCUT2D eigenvalue weighted by Gasteiger charge is -2.31. The fraction of sp³-hybridized carbons (Fsp3) is 0.806. The van der Waals surface area contributed by atoms with Gasteiger partial charge in [0.15, 0.2) is 23.5 Å². The summed E-state index contributed by atoms with van der Waals surface area (Å²) in [5.41, 5.74) is -0.354. The molecule has 2 aromatic rings. The van der Waals surface area contributed by atoms with E-state index in [1.807, 2.05) is 20.8 Å². The van der Waals surface area contributed by atoms with Gasteiger partial charge in [-0.3, -0.25) is 4.90 Å². The smallest absolute Gasteiger partial charge is 0.443 e. The molecule has 3 heterocycles. The molecule has 264 valence electrons. The molecule has 2 fully saturated rings. The molecule has 0 aromatic carbocycles. The Morgan fingerprint density at radius 2 is 1.85 bits per heavy atom. The van der Waals surface area contributed by atoms with E-state index in [0.29, 0.717) is 35.5 Å². The molecule has 1 aliphatic carbocycles. The molecule has 47 heavy (non-hydrogen) atoms. The van der Waals surface area contributed by atoms with Gasteiger partial charge >= 0.3 is 19.5 Å². The van der Waals surface area contributed by atoms with Crippen molar-refractivity contribution in [3.63, 3.8) is 0 Å². The number of hydrogen-bond donors (Lipinski definition) is 3. The Morgan fingerprint density at radius 1 is 1.15 bits per heavy atom. The summed E-state index contributed by atoms with van der Waals surface area (Å²) in [7, 11) is -2.33. The number of ether oxygens (including phenoxy) is 4. The van der Waals surface area contributed by atoms with Gasteiger partial charge in [-0.25, -0.2) is 19.4 Å². The summed E-state index contributed by atoms with van der Waals surface area (Å²) in [6.45, 7) is 11.2. The van der Waals surface area contributed by atoms with Crippen molar-refractivity contribution in [3.05, 3.63) is 12.0 Å². The molecular formula is C31H51N5O10P+. The van der Waals surface area contributed by atoms with Crippen LogP contribution in [0.3, 0.4) is 0 Å². The van der Waals surface area contributed by atoms with E-state index in [1.165, 1.54) is 20.8 Å². The van der Waals surface area contributed by atoms with Crippen molar-refractivity contribution in [2.24, 2.45) is 0 Å². The van der Waals surface area contributed by atoms with Gasteiger partial charge in [0.2, 0.25) is 0 Å². The molecule has 0 radical (unpaired) electrons. The molecule has 15 nitrogen and oxygen atoms in total. The van der Waals surface area contributed by atoms with E-state index in [2.05, 4.69) is 5.10 Å². The molecule has 4 rings (SSSR count). The predicted molar refractivity (Wildman–Crippen MR) is 172 cm³/mol. The maximum absolute atomic E-state index is 13.7. The van der Waals surface area contributed by atoms with Crippen molar-refractivity contribution in [1.29, 1.82) is 0 Å². The number of anilines is 1. The Hall–Kier alpha value is -2.36. The van der Waals surface area contributed by atoms with Gasteiger partial charge in [0.05, 0.1) is 30.9 Å². The van der Waals surface area contributed by atoms with Crippen LogP contribution in [0.15, 0.2) is 6.20 Å². The van der Waals surface area contributed by atoms with Crippen molar-refractivity contribution >= 4 is 31.0 Å². The number of aliphatic hydroxyl groups is 3. The van der Waals surface area contributed by atoms with Crippen LogP contribution in [0.2, 0.25) is 0 Å². The Morgan fingerprint density at radius 3 is 2.45 bits per heavy atom. The van der Waals surface area contributed by atoms with Crippen LogP contribution in [0, 0.1) is 0 Å². The second kappa shape index (κ2) is 15.5. The first kappa shape index (κ1) is 37.5. The van der Waals surface area contributed by atoms with Crippen molar-refractivity contribution in [2.45, 2.75) is 135 Å². The average Bonchev–Trinajstić information content (AvgIpc) is 3.74. The van der Waals surface area contributed by atoms with E-state index in [1.54, 1.807) is 22.7 Å². The lowest BCUT2D eigenvalue weighted by Crippen LogP contribution is -2.43. The second-order valence-corrected chi connectivity index (χ2v) is 15.4. The minimum atomic E-state index is -2.33. The van der Waals surface area contributed by atoms with Gasteiger partial charge in [-0.05, 0) is 65.4 Å². The van der Waals surface area contributed by atoms with Crippen LogP contribution in [-0.4, -0.2) is 103 Å². The SMILES string of the molecule is CCO[P+](=O)C(C)(CO)OCC1CC(OC(C)(C)O)C(n2ncc3c(N(C(=O)OC(C)(C)C)C4CCCC4)nc(CCCO)nc32)O1. The number of hydrogen-bond acceptors (Lipinski definition) is 13. The van der Waals surface area contributed by atoms with E-state index in [-0.39, 0.29) is 32.3 Å². The minimum Gasteiger partial charge on any atom is -0.443 e. The van der Waals surface area contributed by atoms with Crippen LogP contribution in [0.4, 0.5) is 10.6 Å². The van der Waals surface area contributed by atoms with Crippen LogP contribution < -0.4 is 4.90 Å². The van der Waals surface area contributed by atoms with Crippen molar-refractivity contribution < 1.29 is 48.2 Å². The molecule has 2 aliphatic rings. The fourth-order valence-electron chi connectivity index (χ4n) is 5.75. The average molecular weight is 685 g/mol. The van der Waals surface area contributed by atoms with Gasteiger partial charge < -0.3 is 34.3 Å². The molecule has 0 bridgehead atoms. The molecule has 5 unspecified atom stereocenters. The summed E-state index contributed by atoms with van der Waals surface area (Å²) in [5, 5.41) is 33.9. The molecule has 1 saturated carbocycles. The topological polar surface area (TPSA) is 188 Å². The highest BCUT2D eigenvalue weighted by molar-refractivity contribution is 7.40. The van der Waals surface area contributed by atoms with Crippen molar-refractivity contribution in [2.75, 3.05) is 31.3 Å². The van der Waals surface area contributed by atoms with E-state index in [0.717, 1.165) is 25.7 Å². The highest BCUT2D eigenvalue weighted by Gasteiger charge is 2.50. The molecule has 5 atom stereocenters. The summed E-state index contributed by atoms with van der Waals surface area (Å²) >= 11 is 0. The number of rotatable bonds is 15. The Bertz CT molecular complexity index is 1370. The summed E-state index contributed by atoms with van der Waals surface area (Å²) in [6, 6.07) is -0.128. The van der Waals surface area contributed by atoms with E-state index >= 15 is 0 Å². The molecule has 2 aromatic heterocycles. The summed E-state index contributed by atoms with van der Waals surface area (Å²) in [6.07, 6.45) is 3.41. The van der Waals surface area contributed by atoms with Gasteiger partial charge in [-0.1, -0.05) is 12.8 Å². The lowest BCUT2D eigenvalue weighted by atomic mass is 10.2. The standard InChI is InChI=1S/C31H51N5O10P/c1-8-43-47(41)31(7,19-38)42-18-21-16-23(45-30(5,6)40)27(44-21)36-26-22(17-32-36)25(33-24(34-26)14-11-15-37)35(20-12-9-10-13-20)28(39)46-29(2,3)4/h17,20-21,23,27,37-38,40H,8-16,18-19H2,1-7H3/q+1. The largest absolute Gasteiger partial charge is 0.546 e. The van der Waals surface area contributed by atoms with Crippen LogP contribution in [0.1, 0.15) is 99.0 Å². The summed E-state index contributed by atoms with van der Waals surface area (Å²) < 4.78 is 43.6. The Labute approximate surface area is 276 Å². The number of aromatic nitrogens is 4. The van der Waals surface area contributed by atoms with Crippen LogP contribution >= 0.6 is 8.03 Å². The molecule has 1 saturated heterocycles. The Kier molecular flexibility index (Phi) is 12.3. The number of amides is 1. The Balaban J connectivity index is 1.75. The highest BCUT2D eigenvalue weighted by Crippen LogP contribution is 2.42. The first-order valence-corrected chi connectivity index (χ1v) is 17.5. The van der Waals surface area contributed by atoms with Gasteiger partial charge in [0.1, 0.15) is 24.1 Å². The number of nitrogens with zero attached hydrogens (tertiary/aromatic N) is 5. The third kappa shape index (κ3) is 9.42. The summed E-state index contributed by atoms with van der Waals surface area (Å²) in [5.74, 6) is -0.747. The fourth-order valence-corrected chi connectivity index (χ4v) is 6.56. The quantitative estimate of drug-likeness (QED) is 0.178. The first-order valence-electron chi connectivity index (χ1n) is 16.4. The number of aryl methyl sites for hydroxylation is 1. The van der Waals surface area contributed by atoms with Gasteiger partial charge in [0.25, 0.3) is 0 Å². The zero-order valence-electron chi connectivity index (χ0n) is 28.5. The third-order valence-electron chi connectivity index (χ3n) is 7.88. The molecule has 1 amide bonds. The molecule has 0 spiro atoms. The molecular weight excluding hydrogens is 633 g/mol.